The summed E-state index contributed by atoms with van der Waals surface area (Å²) in [5, 5.41) is -0.108. The van der Waals surface area contributed by atoms with Crippen molar-refractivity contribution in [1.29, 1.82) is 0 Å². The molecule has 0 radical (unpaired) electrons. The fourth-order valence-corrected chi connectivity index (χ4v) is 1.10. The Kier molecular flexibility index (Phi) is 2.91. The number of rotatable bonds is 2. The first-order valence-corrected chi connectivity index (χ1v) is 4.06. The maximum absolute atomic E-state index is 5.52. The van der Waals surface area contributed by atoms with Crippen LogP contribution < -0.4 is 5.73 Å². The Morgan fingerprint density at radius 2 is 2.45 bits per heavy atom. The summed E-state index contributed by atoms with van der Waals surface area (Å²) < 4.78 is 0. The third-order valence-corrected chi connectivity index (χ3v) is 1.70. The van der Waals surface area contributed by atoms with Crippen molar-refractivity contribution in [2.24, 2.45) is 5.73 Å². The van der Waals surface area contributed by atoms with E-state index in [1.54, 1.807) is 6.20 Å². The van der Waals surface area contributed by atoms with Crippen LogP contribution in [-0.4, -0.2) is 10.4 Å². The summed E-state index contributed by atoms with van der Waals surface area (Å²) in [4.78, 5) is 4.19. The van der Waals surface area contributed by atoms with Crippen LogP contribution in [0.2, 0.25) is 0 Å². The van der Waals surface area contributed by atoms with Crippen molar-refractivity contribution in [3.63, 3.8) is 0 Å². The topological polar surface area (TPSA) is 38.9 Å². The third-order valence-electron chi connectivity index (χ3n) is 1.52. The van der Waals surface area contributed by atoms with E-state index in [0.29, 0.717) is 0 Å². The zero-order chi connectivity index (χ0) is 8.27. The van der Waals surface area contributed by atoms with Gasteiger partial charge in [-0.25, -0.2) is 0 Å². The van der Waals surface area contributed by atoms with Crippen molar-refractivity contribution >= 4 is 12.6 Å². The number of aromatic nitrogens is 1. The van der Waals surface area contributed by atoms with Gasteiger partial charge in [0, 0.05) is 18.3 Å². The largest absolute Gasteiger partial charge is 0.319 e. The fourth-order valence-electron chi connectivity index (χ4n) is 0.930. The molecule has 0 saturated heterocycles. The highest BCUT2D eigenvalue weighted by Crippen LogP contribution is 2.06. The molecule has 60 valence electrons. The Hall–Kier alpha value is -0.540. The Labute approximate surface area is 72.2 Å². The van der Waals surface area contributed by atoms with Gasteiger partial charge >= 0.3 is 0 Å². The Bertz CT molecular complexity index is 235. The lowest BCUT2D eigenvalue weighted by Gasteiger charge is -2.05. The van der Waals surface area contributed by atoms with E-state index in [4.69, 9.17) is 5.73 Å². The molecule has 0 aliphatic carbocycles. The Balaban J connectivity index is 2.78. The zero-order valence-corrected chi connectivity index (χ0v) is 7.38. The van der Waals surface area contributed by atoms with Gasteiger partial charge in [0.25, 0.3) is 0 Å². The molecule has 0 saturated carbocycles. The van der Waals surface area contributed by atoms with E-state index in [-0.39, 0.29) is 5.37 Å². The lowest BCUT2D eigenvalue weighted by molar-refractivity contribution is 0.864. The predicted octanol–water partition coefficient (Wildman–Crippen LogP) is 1.15. The average molecular weight is 168 g/mol. The smallest absolute Gasteiger partial charge is 0.0533 e. The van der Waals surface area contributed by atoms with E-state index in [9.17, 15) is 0 Å². The van der Waals surface area contributed by atoms with Gasteiger partial charge in [0.15, 0.2) is 0 Å². The van der Waals surface area contributed by atoms with Crippen molar-refractivity contribution in [2.75, 3.05) is 0 Å². The molecule has 0 aromatic carbocycles. The van der Waals surface area contributed by atoms with Crippen LogP contribution in [0.25, 0.3) is 0 Å². The van der Waals surface area contributed by atoms with Crippen LogP contribution in [0.4, 0.5) is 0 Å². The second kappa shape index (κ2) is 3.74. The molecule has 0 aliphatic heterocycles. The summed E-state index contributed by atoms with van der Waals surface area (Å²) in [6, 6.07) is 3.95. The van der Waals surface area contributed by atoms with Gasteiger partial charge in [0.05, 0.1) is 5.37 Å². The van der Waals surface area contributed by atoms with Gasteiger partial charge in [-0.3, -0.25) is 4.98 Å². The normalized spacial score (nSPS) is 13.0. The lowest BCUT2D eigenvalue weighted by Crippen LogP contribution is -2.16. The molecular formula is C8H12N2S. The van der Waals surface area contributed by atoms with Crippen LogP contribution in [0.1, 0.15) is 11.3 Å². The highest BCUT2D eigenvalue weighted by Gasteiger charge is 2.01. The quantitative estimate of drug-likeness (QED) is 0.513. The molecule has 11 heavy (non-hydrogen) atoms. The molecule has 0 bridgehead atoms. The zero-order valence-electron chi connectivity index (χ0n) is 6.49. The SMILES string of the molecule is Cc1cccnc1CC(N)S. The first-order chi connectivity index (χ1) is 5.20. The standard InChI is InChI=1S/C8H12N2S/c1-6-3-2-4-10-7(6)5-8(9)11/h2-4,8,11H,5,9H2,1H3. The lowest BCUT2D eigenvalue weighted by atomic mass is 10.2. The second-order valence-electron chi connectivity index (χ2n) is 2.54. The number of hydrogen-bond acceptors (Lipinski definition) is 3. The highest BCUT2D eigenvalue weighted by molar-refractivity contribution is 7.80. The maximum atomic E-state index is 5.52. The van der Waals surface area contributed by atoms with Gasteiger partial charge in [-0.1, -0.05) is 6.07 Å². The molecular weight excluding hydrogens is 156 g/mol. The van der Waals surface area contributed by atoms with E-state index >= 15 is 0 Å². The first-order valence-electron chi connectivity index (χ1n) is 3.54. The monoisotopic (exact) mass is 168 g/mol. The van der Waals surface area contributed by atoms with Gasteiger partial charge in [0.2, 0.25) is 0 Å². The number of thiol groups is 1. The minimum absolute atomic E-state index is 0.108. The number of hydrogen-bond donors (Lipinski definition) is 2. The molecule has 0 aliphatic rings. The Morgan fingerprint density at radius 3 is 3.00 bits per heavy atom. The number of pyridine rings is 1. The summed E-state index contributed by atoms with van der Waals surface area (Å²) in [5.74, 6) is 0. The second-order valence-corrected chi connectivity index (χ2v) is 3.20. The van der Waals surface area contributed by atoms with Crippen molar-refractivity contribution in [1.82, 2.24) is 4.98 Å². The van der Waals surface area contributed by atoms with Crippen LogP contribution in [0.5, 0.6) is 0 Å². The van der Waals surface area contributed by atoms with Crippen LogP contribution in [-0.2, 0) is 6.42 Å². The summed E-state index contributed by atoms with van der Waals surface area (Å²) in [6.07, 6.45) is 2.51. The molecule has 1 aromatic rings. The van der Waals surface area contributed by atoms with Crippen LogP contribution in [0.3, 0.4) is 0 Å². The molecule has 3 heteroatoms. The molecule has 1 aromatic heterocycles. The molecule has 0 amide bonds. The third kappa shape index (κ3) is 2.52. The summed E-state index contributed by atoms with van der Waals surface area (Å²) in [6.45, 7) is 2.03. The number of nitrogens with zero attached hydrogens (tertiary/aromatic N) is 1. The van der Waals surface area contributed by atoms with Crippen molar-refractivity contribution < 1.29 is 0 Å². The first kappa shape index (κ1) is 8.56. The predicted molar refractivity (Wildman–Crippen MR) is 49.6 cm³/mol. The van der Waals surface area contributed by atoms with Crippen molar-refractivity contribution in [2.45, 2.75) is 18.7 Å². The minimum atomic E-state index is -0.108. The van der Waals surface area contributed by atoms with E-state index in [1.807, 2.05) is 19.1 Å². The van der Waals surface area contributed by atoms with Gasteiger partial charge < -0.3 is 5.73 Å². The molecule has 1 atom stereocenters. The molecule has 0 fully saturated rings. The summed E-state index contributed by atoms with van der Waals surface area (Å²) in [5.41, 5.74) is 7.73. The summed E-state index contributed by atoms with van der Waals surface area (Å²) >= 11 is 4.09. The fraction of sp³-hybridized carbons (Fsp3) is 0.375. The molecule has 0 spiro atoms. The van der Waals surface area contributed by atoms with Gasteiger partial charge in [-0.2, -0.15) is 12.6 Å². The van der Waals surface area contributed by atoms with E-state index < -0.39 is 0 Å². The van der Waals surface area contributed by atoms with E-state index in [1.165, 1.54) is 5.56 Å². The molecule has 1 unspecified atom stereocenters. The van der Waals surface area contributed by atoms with E-state index in [2.05, 4.69) is 17.6 Å². The number of nitrogens with two attached hydrogens (primary N) is 1. The Morgan fingerprint density at radius 1 is 1.73 bits per heavy atom. The van der Waals surface area contributed by atoms with Gasteiger partial charge in [-0.05, 0) is 18.6 Å². The van der Waals surface area contributed by atoms with Crippen molar-refractivity contribution in [3.8, 4) is 0 Å². The van der Waals surface area contributed by atoms with Crippen LogP contribution >= 0.6 is 12.6 Å². The van der Waals surface area contributed by atoms with E-state index in [0.717, 1.165) is 12.1 Å². The number of aryl methyl sites for hydroxylation is 1. The molecule has 2 nitrogen and oxygen atoms in total. The van der Waals surface area contributed by atoms with Crippen LogP contribution in [0.15, 0.2) is 18.3 Å². The van der Waals surface area contributed by atoms with Gasteiger partial charge in [0.1, 0.15) is 0 Å². The molecule has 1 rings (SSSR count). The summed E-state index contributed by atoms with van der Waals surface area (Å²) in [7, 11) is 0. The average Bonchev–Trinajstić information content (AvgIpc) is 1.93. The highest BCUT2D eigenvalue weighted by atomic mass is 32.1. The van der Waals surface area contributed by atoms with Crippen LogP contribution in [0, 0.1) is 6.92 Å². The molecule has 1 heterocycles. The molecule has 2 N–H and O–H groups in total. The van der Waals surface area contributed by atoms with Gasteiger partial charge in [-0.15, -0.1) is 0 Å². The maximum Gasteiger partial charge on any atom is 0.0533 e. The minimum Gasteiger partial charge on any atom is -0.319 e. The van der Waals surface area contributed by atoms with Crippen molar-refractivity contribution in [3.05, 3.63) is 29.6 Å².